The average molecular weight is 394 g/mol. The number of carbonyl (C=O) groups is 2. The first-order valence-corrected chi connectivity index (χ1v) is 9.07. The van der Waals surface area contributed by atoms with E-state index in [1.54, 1.807) is 23.2 Å². The minimum Gasteiger partial charge on any atom is -0.350 e. The lowest BCUT2D eigenvalue weighted by molar-refractivity contribution is -0.129. The second kappa shape index (κ2) is 10.1. The molecule has 0 aliphatic rings. The van der Waals surface area contributed by atoms with Gasteiger partial charge in [0.25, 0.3) is 0 Å². The molecular formula is C19H21Cl2N3O2. The summed E-state index contributed by atoms with van der Waals surface area (Å²) < 4.78 is 0. The zero-order chi connectivity index (χ0) is 18.9. The molecule has 0 atom stereocenters. The highest BCUT2D eigenvalue weighted by Gasteiger charge is 2.12. The van der Waals surface area contributed by atoms with Gasteiger partial charge in [-0.05, 0) is 36.2 Å². The second-order valence-electron chi connectivity index (χ2n) is 5.84. The van der Waals surface area contributed by atoms with E-state index in [1.165, 1.54) is 6.92 Å². The summed E-state index contributed by atoms with van der Waals surface area (Å²) in [6, 6.07) is 10.8. The van der Waals surface area contributed by atoms with Gasteiger partial charge in [0.1, 0.15) is 0 Å². The van der Waals surface area contributed by atoms with Gasteiger partial charge in [-0.25, -0.2) is 0 Å². The molecule has 0 saturated carbocycles. The van der Waals surface area contributed by atoms with E-state index in [1.807, 2.05) is 24.3 Å². The SMILES string of the molecule is CC(=O)N(CCC(=O)NCc1ccccn1)CCc1ccc(Cl)cc1Cl. The Hall–Kier alpha value is -2.11. The van der Waals surface area contributed by atoms with Crippen LogP contribution in [0.1, 0.15) is 24.6 Å². The number of rotatable bonds is 8. The van der Waals surface area contributed by atoms with Crippen LogP contribution in [-0.4, -0.2) is 34.8 Å². The van der Waals surface area contributed by atoms with Gasteiger partial charge in [-0.3, -0.25) is 14.6 Å². The van der Waals surface area contributed by atoms with E-state index in [0.717, 1.165) is 11.3 Å². The summed E-state index contributed by atoms with van der Waals surface area (Å²) >= 11 is 12.1. The van der Waals surface area contributed by atoms with Crippen LogP contribution in [0.15, 0.2) is 42.6 Å². The molecule has 5 nitrogen and oxygen atoms in total. The number of nitrogens with one attached hydrogen (secondary N) is 1. The molecule has 0 aliphatic heterocycles. The van der Waals surface area contributed by atoms with Crippen molar-refractivity contribution < 1.29 is 9.59 Å². The molecule has 0 radical (unpaired) electrons. The van der Waals surface area contributed by atoms with Crippen molar-refractivity contribution in [3.63, 3.8) is 0 Å². The molecule has 0 aliphatic carbocycles. The lowest BCUT2D eigenvalue weighted by Gasteiger charge is -2.21. The maximum absolute atomic E-state index is 12.0. The van der Waals surface area contributed by atoms with E-state index in [0.29, 0.717) is 36.1 Å². The Morgan fingerprint density at radius 2 is 1.96 bits per heavy atom. The molecule has 0 fully saturated rings. The molecule has 2 rings (SSSR count). The topological polar surface area (TPSA) is 62.3 Å². The van der Waals surface area contributed by atoms with Crippen LogP contribution in [0.5, 0.6) is 0 Å². The molecule has 7 heteroatoms. The van der Waals surface area contributed by atoms with E-state index in [9.17, 15) is 9.59 Å². The summed E-state index contributed by atoms with van der Waals surface area (Å²) in [6.07, 6.45) is 2.52. The van der Waals surface area contributed by atoms with Crippen LogP contribution in [-0.2, 0) is 22.6 Å². The fraction of sp³-hybridized carbons (Fsp3) is 0.316. The van der Waals surface area contributed by atoms with E-state index >= 15 is 0 Å². The van der Waals surface area contributed by atoms with Gasteiger partial charge >= 0.3 is 0 Å². The van der Waals surface area contributed by atoms with Crippen molar-refractivity contribution in [2.75, 3.05) is 13.1 Å². The molecular weight excluding hydrogens is 373 g/mol. The summed E-state index contributed by atoms with van der Waals surface area (Å²) in [4.78, 5) is 29.6. The lowest BCUT2D eigenvalue weighted by Crippen LogP contribution is -2.35. The Bertz CT molecular complexity index is 754. The first-order valence-electron chi connectivity index (χ1n) is 8.32. The predicted octanol–water partition coefficient (Wildman–Crippen LogP) is 3.49. The number of benzene rings is 1. The average Bonchev–Trinajstić information content (AvgIpc) is 2.62. The van der Waals surface area contributed by atoms with Crippen molar-refractivity contribution in [1.82, 2.24) is 15.2 Å². The fourth-order valence-corrected chi connectivity index (χ4v) is 2.93. The summed E-state index contributed by atoms with van der Waals surface area (Å²) in [7, 11) is 0. The standard InChI is InChI=1S/C19H21Cl2N3O2/c1-14(25)24(10-7-15-5-6-16(20)12-18(15)21)11-8-19(26)23-13-17-4-2-3-9-22-17/h2-6,9,12H,7-8,10-11,13H2,1H3,(H,23,26). The minimum atomic E-state index is -0.119. The Labute approximate surface area is 163 Å². The van der Waals surface area contributed by atoms with Crippen LogP contribution in [0.25, 0.3) is 0 Å². The quantitative estimate of drug-likeness (QED) is 0.746. The van der Waals surface area contributed by atoms with Gasteiger partial charge in [-0.2, -0.15) is 0 Å². The molecule has 0 spiro atoms. The first kappa shape index (κ1) is 20.2. The van der Waals surface area contributed by atoms with Gasteiger partial charge in [0, 0.05) is 42.7 Å². The zero-order valence-electron chi connectivity index (χ0n) is 14.5. The molecule has 1 N–H and O–H groups in total. The van der Waals surface area contributed by atoms with Crippen LogP contribution >= 0.6 is 23.2 Å². The lowest BCUT2D eigenvalue weighted by atomic mass is 10.1. The summed E-state index contributed by atoms with van der Waals surface area (Å²) in [5.41, 5.74) is 1.71. The Kier molecular flexibility index (Phi) is 7.88. The van der Waals surface area contributed by atoms with Crippen molar-refractivity contribution in [2.45, 2.75) is 26.3 Å². The maximum Gasteiger partial charge on any atom is 0.222 e. The van der Waals surface area contributed by atoms with Gasteiger partial charge in [0.15, 0.2) is 0 Å². The van der Waals surface area contributed by atoms with Crippen LogP contribution in [0.2, 0.25) is 10.0 Å². The highest BCUT2D eigenvalue weighted by atomic mass is 35.5. The molecule has 26 heavy (non-hydrogen) atoms. The highest BCUT2D eigenvalue weighted by molar-refractivity contribution is 6.35. The molecule has 2 amide bonds. The molecule has 1 heterocycles. The summed E-state index contributed by atoms with van der Waals surface area (Å²) in [6.45, 7) is 2.72. The van der Waals surface area contributed by atoms with Gasteiger partial charge in [-0.1, -0.05) is 35.3 Å². The number of amides is 2. The summed E-state index contributed by atoms with van der Waals surface area (Å²) in [5.74, 6) is -0.195. The van der Waals surface area contributed by atoms with Crippen LogP contribution in [0.3, 0.4) is 0 Å². The van der Waals surface area contributed by atoms with E-state index in [2.05, 4.69) is 10.3 Å². The van der Waals surface area contributed by atoms with Crippen molar-refractivity contribution in [3.05, 3.63) is 63.9 Å². The Balaban J connectivity index is 1.80. The van der Waals surface area contributed by atoms with Crippen molar-refractivity contribution in [2.24, 2.45) is 0 Å². The number of hydrogen-bond donors (Lipinski definition) is 1. The molecule has 0 saturated heterocycles. The van der Waals surface area contributed by atoms with Crippen molar-refractivity contribution >= 4 is 35.0 Å². The fourth-order valence-electron chi connectivity index (χ4n) is 2.42. The predicted molar refractivity (Wildman–Crippen MR) is 103 cm³/mol. The van der Waals surface area contributed by atoms with Gasteiger partial charge < -0.3 is 10.2 Å². The molecule has 138 valence electrons. The third-order valence-electron chi connectivity index (χ3n) is 3.91. The normalized spacial score (nSPS) is 10.4. The first-order chi connectivity index (χ1) is 12.5. The van der Waals surface area contributed by atoms with Crippen LogP contribution in [0, 0.1) is 0 Å². The number of halogens is 2. The van der Waals surface area contributed by atoms with E-state index in [-0.39, 0.29) is 18.2 Å². The largest absolute Gasteiger partial charge is 0.350 e. The van der Waals surface area contributed by atoms with Crippen LogP contribution in [0.4, 0.5) is 0 Å². The Morgan fingerprint density at radius 3 is 2.62 bits per heavy atom. The van der Waals surface area contributed by atoms with Crippen LogP contribution < -0.4 is 5.32 Å². The molecule has 0 bridgehead atoms. The van der Waals surface area contributed by atoms with Crippen molar-refractivity contribution in [3.8, 4) is 0 Å². The van der Waals surface area contributed by atoms with Gasteiger partial charge in [-0.15, -0.1) is 0 Å². The molecule has 0 unspecified atom stereocenters. The zero-order valence-corrected chi connectivity index (χ0v) is 16.1. The number of aromatic nitrogens is 1. The number of pyridine rings is 1. The summed E-state index contributed by atoms with van der Waals surface area (Å²) in [5, 5.41) is 3.96. The second-order valence-corrected chi connectivity index (χ2v) is 6.68. The minimum absolute atomic E-state index is 0.0763. The molecule has 1 aromatic heterocycles. The number of hydrogen-bond acceptors (Lipinski definition) is 3. The highest BCUT2D eigenvalue weighted by Crippen LogP contribution is 2.21. The molecule has 2 aromatic rings. The smallest absolute Gasteiger partial charge is 0.222 e. The van der Waals surface area contributed by atoms with E-state index in [4.69, 9.17) is 23.2 Å². The van der Waals surface area contributed by atoms with Crippen molar-refractivity contribution in [1.29, 1.82) is 0 Å². The Morgan fingerprint density at radius 1 is 1.15 bits per heavy atom. The third kappa shape index (κ3) is 6.65. The third-order valence-corrected chi connectivity index (χ3v) is 4.50. The monoisotopic (exact) mass is 393 g/mol. The molecule has 1 aromatic carbocycles. The maximum atomic E-state index is 12.0. The number of carbonyl (C=O) groups excluding carboxylic acids is 2. The van der Waals surface area contributed by atoms with E-state index < -0.39 is 0 Å². The van der Waals surface area contributed by atoms with Gasteiger partial charge in [0.05, 0.1) is 12.2 Å². The number of nitrogens with zero attached hydrogens (tertiary/aromatic N) is 2. The van der Waals surface area contributed by atoms with Gasteiger partial charge in [0.2, 0.25) is 11.8 Å².